The predicted molar refractivity (Wildman–Crippen MR) is 118 cm³/mol. The summed E-state index contributed by atoms with van der Waals surface area (Å²) in [5, 5.41) is 33.9. The largest absolute Gasteiger partial charge is 0.508 e. The molecular weight excluding hydrogens is 420 g/mol. The molecule has 2 aromatic rings. The average Bonchev–Trinajstić information content (AvgIpc) is 2.74. The van der Waals surface area contributed by atoms with Crippen LogP contribution in [0, 0.1) is 10.1 Å². The highest BCUT2D eigenvalue weighted by Gasteiger charge is 2.32. The third kappa shape index (κ3) is 6.28. The molecule has 1 atom stereocenters. The summed E-state index contributed by atoms with van der Waals surface area (Å²) in [6.07, 6.45) is 1.88. The Hall–Kier alpha value is -3.93. The molecule has 0 aliphatic carbocycles. The number of aliphatic hydroxyl groups is 1. The van der Waals surface area contributed by atoms with E-state index >= 15 is 0 Å². The standard InChI is InChI=1S/C20H26N6O6/c1-3-5-8-14(12-27)22-19-23-17(21)16(26(30)31)18(24-19)25(20(29)32-4-2)11-13-7-6-9-15(28)10-13/h3,6-7,9-10,14,27-28H,1,4-5,8,11-12H2,2H3,(H3,21,22,23,24). The van der Waals surface area contributed by atoms with E-state index in [-0.39, 0.29) is 37.3 Å². The molecule has 0 radical (unpaired) electrons. The molecule has 0 aliphatic rings. The smallest absolute Gasteiger partial charge is 0.415 e. The second-order valence-corrected chi connectivity index (χ2v) is 6.71. The lowest BCUT2D eigenvalue weighted by Crippen LogP contribution is -2.33. The van der Waals surface area contributed by atoms with Crippen molar-refractivity contribution >= 4 is 29.4 Å². The fraction of sp³-hybridized carbons (Fsp3) is 0.350. The van der Waals surface area contributed by atoms with Crippen LogP contribution in [0.25, 0.3) is 0 Å². The summed E-state index contributed by atoms with van der Waals surface area (Å²) in [6, 6.07) is 5.57. The highest BCUT2D eigenvalue weighted by Crippen LogP contribution is 2.34. The first-order valence-corrected chi connectivity index (χ1v) is 9.83. The maximum absolute atomic E-state index is 12.7. The molecule has 1 aromatic heterocycles. The van der Waals surface area contributed by atoms with Gasteiger partial charge in [0.2, 0.25) is 17.6 Å². The number of allylic oxidation sites excluding steroid dienone is 1. The van der Waals surface area contributed by atoms with Gasteiger partial charge in [-0.2, -0.15) is 9.97 Å². The number of carbonyl (C=O) groups is 1. The van der Waals surface area contributed by atoms with E-state index < -0.39 is 28.6 Å². The van der Waals surface area contributed by atoms with Crippen LogP contribution in [-0.2, 0) is 11.3 Å². The maximum Gasteiger partial charge on any atom is 0.415 e. The SMILES string of the molecule is C=CCCC(CO)Nc1nc(N)c([N+](=O)[O-])c(N(Cc2cccc(O)c2)C(=O)OCC)n1. The second kappa shape index (κ2) is 11.5. The Morgan fingerprint density at radius 2 is 2.22 bits per heavy atom. The number of aromatic nitrogens is 2. The van der Waals surface area contributed by atoms with Crippen molar-refractivity contribution in [1.29, 1.82) is 0 Å². The molecule has 0 saturated carbocycles. The van der Waals surface area contributed by atoms with Gasteiger partial charge in [-0.05, 0) is 37.5 Å². The second-order valence-electron chi connectivity index (χ2n) is 6.71. The quantitative estimate of drug-likeness (QED) is 0.228. The van der Waals surface area contributed by atoms with Crippen LogP contribution in [0.3, 0.4) is 0 Å². The number of nitrogen functional groups attached to an aromatic ring is 1. The van der Waals surface area contributed by atoms with Gasteiger partial charge in [-0.15, -0.1) is 6.58 Å². The first-order valence-electron chi connectivity index (χ1n) is 9.83. The van der Waals surface area contributed by atoms with Crippen LogP contribution >= 0.6 is 0 Å². The number of phenols is 1. The van der Waals surface area contributed by atoms with Gasteiger partial charge in [0.05, 0.1) is 30.7 Å². The van der Waals surface area contributed by atoms with Crippen LogP contribution < -0.4 is 16.0 Å². The zero-order valence-electron chi connectivity index (χ0n) is 17.6. The van der Waals surface area contributed by atoms with Crippen LogP contribution in [0.2, 0.25) is 0 Å². The number of ether oxygens (including phenoxy) is 1. The molecule has 2 rings (SSSR count). The number of carbonyl (C=O) groups excluding carboxylic acids is 1. The third-order valence-electron chi connectivity index (χ3n) is 4.34. The zero-order chi connectivity index (χ0) is 23.7. The molecule has 1 heterocycles. The molecule has 1 unspecified atom stereocenters. The van der Waals surface area contributed by atoms with E-state index in [0.717, 1.165) is 4.90 Å². The minimum absolute atomic E-state index is 0.0168. The molecular formula is C20H26N6O6. The molecule has 0 bridgehead atoms. The van der Waals surface area contributed by atoms with E-state index in [1.165, 1.54) is 12.1 Å². The van der Waals surface area contributed by atoms with Gasteiger partial charge >= 0.3 is 11.8 Å². The summed E-state index contributed by atoms with van der Waals surface area (Å²) in [5.41, 5.74) is 5.64. The van der Waals surface area contributed by atoms with Crippen molar-refractivity contribution in [2.45, 2.75) is 32.4 Å². The maximum atomic E-state index is 12.7. The summed E-state index contributed by atoms with van der Waals surface area (Å²) in [5.74, 6) is -0.991. The number of benzene rings is 1. The van der Waals surface area contributed by atoms with Crippen LogP contribution in [0.5, 0.6) is 5.75 Å². The summed E-state index contributed by atoms with van der Waals surface area (Å²) in [4.78, 5) is 32.6. The molecule has 0 fully saturated rings. The van der Waals surface area contributed by atoms with Crippen LogP contribution in [0.1, 0.15) is 25.3 Å². The van der Waals surface area contributed by atoms with Gasteiger partial charge in [-0.25, -0.2) is 4.79 Å². The molecule has 5 N–H and O–H groups in total. The van der Waals surface area contributed by atoms with Gasteiger partial charge < -0.3 is 26.0 Å². The van der Waals surface area contributed by atoms with E-state index in [1.807, 2.05) is 0 Å². The predicted octanol–water partition coefficient (Wildman–Crippen LogP) is 2.57. The Kier molecular flexibility index (Phi) is 8.72. The van der Waals surface area contributed by atoms with Gasteiger partial charge in [-0.1, -0.05) is 18.2 Å². The Morgan fingerprint density at radius 3 is 2.81 bits per heavy atom. The lowest BCUT2D eigenvalue weighted by atomic mass is 10.1. The van der Waals surface area contributed by atoms with Crippen molar-refractivity contribution in [3.05, 3.63) is 52.6 Å². The summed E-state index contributed by atoms with van der Waals surface area (Å²) < 4.78 is 5.06. The summed E-state index contributed by atoms with van der Waals surface area (Å²) >= 11 is 0. The van der Waals surface area contributed by atoms with Crippen LogP contribution in [-0.4, -0.2) is 50.5 Å². The number of hydrogen-bond acceptors (Lipinski definition) is 10. The van der Waals surface area contributed by atoms with Crippen molar-refractivity contribution in [1.82, 2.24) is 9.97 Å². The number of nitro groups is 1. The zero-order valence-corrected chi connectivity index (χ0v) is 17.6. The molecule has 172 valence electrons. The van der Waals surface area contributed by atoms with E-state index in [0.29, 0.717) is 18.4 Å². The number of aromatic hydroxyl groups is 1. The normalized spacial score (nSPS) is 11.4. The van der Waals surface area contributed by atoms with Crippen molar-refractivity contribution in [3.63, 3.8) is 0 Å². The van der Waals surface area contributed by atoms with Gasteiger partial charge in [0.25, 0.3) is 0 Å². The average molecular weight is 446 g/mol. The highest BCUT2D eigenvalue weighted by atomic mass is 16.6. The van der Waals surface area contributed by atoms with E-state index in [4.69, 9.17) is 10.5 Å². The number of phenolic OH excluding ortho intramolecular Hbond substituents is 1. The number of hydrogen-bond donors (Lipinski definition) is 4. The fourth-order valence-corrected chi connectivity index (χ4v) is 2.86. The van der Waals surface area contributed by atoms with Crippen molar-refractivity contribution < 1.29 is 24.7 Å². The minimum atomic E-state index is -0.895. The molecule has 12 heteroatoms. The monoisotopic (exact) mass is 446 g/mol. The lowest BCUT2D eigenvalue weighted by Gasteiger charge is -2.22. The third-order valence-corrected chi connectivity index (χ3v) is 4.34. The lowest BCUT2D eigenvalue weighted by molar-refractivity contribution is -0.383. The first-order chi connectivity index (χ1) is 15.3. The van der Waals surface area contributed by atoms with E-state index in [9.17, 15) is 25.1 Å². The Morgan fingerprint density at radius 1 is 1.47 bits per heavy atom. The minimum Gasteiger partial charge on any atom is -0.508 e. The van der Waals surface area contributed by atoms with Gasteiger partial charge in [0.15, 0.2) is 0 Å². The number of nitrogens with two attached hydrogens (primary N) is 1. The van der Waals surface area contributed by atoms with Crippen molar-refractivity contribution in [2.75, 3.05) is 29.2 Å². The summed E-state index contributed by atoms with van der Waals surface area (Å²) in [7, 11) is 0. The topological polar surface area (TPSA) is 177 Å². The van der Waals surface area contributed by atoms with Gasteiger partial charge in [-0.3, -0.25) is 15.0 Å². The Labute approximate surface area is 184 Å². The molecule has 0 aliphatic heterocycles. The van der Waals surface area contributed by atoms with Crippen molar-refractivity contribution in [3.8, 4) is 5.75 Å². The van der Waals surface area contributed by atoms with Gasteiger partial charge in [0.1, 0.15) is 5.75 Å². The molecule has 0 spiro atoms. The summed E-state index contributed by atoms with van der Waals surface area (Å²) in [6.45, 7) is 4.79. The molecule has 1 amide bonds. The molecule has 32 heavy (non-hydrogen) atoms. The number of aliphatic hydroxyl groups excluding tert-OH is 1. The molecule has 1 aromatic carbocycles. The number of nitrogens with zero attached hydrogens (tertiary/aromatic N) is 4. The van der Waals surface area contributed by atoms with Gasteiger partial charge in [0, 0.05) is 0 Å². The number of amides is 1. The van der Waals surface area contributed by atoms with Crippen LogP contribution in [0.4, 0.5) is 28.1 Å². The van der Waals surface area contributed by atoms with Crippen LogP contribution in [0.15, 0.2) is 36.9 Å². The molecule has 0 saturated heterocycles. The number of nitrogens with one attached hydrogen (secondary N) is 1. The fourth-order valence-electron chi connectivity index (χ4n) is 2.86. The van der Waals surface area contributed by atoms with Crippen molar-refractivity contribution in [2.24, 2.45) is 0 Å². The number of anilines is 3. The highest BCUT2D eigenvalue weighted by molar-refractivity contribution is 5.91. The van der Waals surface area contributed by atoms with E-state index in [2.05, 4.69) is 21.9 Å². The Balaban J connectivity index is 2.55. The van der Waals surface area contributed by atoms with E-state index in [1.54, 1.807) is 25.1 Å². The molecule has 12 nitrogen and oxygen atoms in total. The first kappa shape index (κ1) is 24.3. The number of rotatable bonds is 11. The Bertz CT molecular complexity index is 970.